The van der Waals surface area contributed by atoms with Crippen molar-refractivity contribution in [2.45, 2.75) is 0 Å². The summed E-state index contributed by atoms with van der Waals surface area (Å²) in [4.78, 5) is 0. The lowest BCUT2D eigenvalue weighted by atomic mass is 10.3. The smallest absolute Gasteiger partial charge is 0.284 e. The van der Waals surface area contributed by atoms with Gasteiger partial charge in [0.05, 0.1) is 4.47 Å². The molecule has 13 heavy (non-hydrogen) atoms. The fourth-order valence-electron chi connectivity index (χ4n) is 0.653. The lowest BCUT2D eigenvalue weighted by Crippen LogP contribution is -1.82. The van der Waals surface area contributed by atoms with Crippen molar-refractivity contribution in [1.29, 1.82) is 0 Å². The Bertz CT molecular complexity index is 321. The standard InChI is InChI=1S/C6H2Br3Cl2OP/c7-3-1-2-4(12-13(10)11)6(9)5(3)8/h1-2H. The van der Waals surface area contributed by atoms with Crippen LogP contribution in [-0.2, 0) is 0 Å². The van der Waals surface area contributed by atoms with Crippen molar-refractivity contribution in [3.05, 3.63) is 25.6 Å². The van der Waals surface area contributed by atoms with Gasteiger partial charge >= 0.3 is 0 Å². The minimum atomic E-state index is -1.44. The van der Waals surface area contributed by atoms with Crippen LogP contribution in [0.15, 0.2) is 25.6 Å². The minimum Gasteiger partial charge on any atom is -0.444 e. The highest BCUT2D eigenvalue weighted by Gasteiger charge is 2.11. The third-order valence-electron chi connectivity index (χ3n) is 1.17. The summed E-state index contributed by atoms with van der Waals surface area (Å²) < 4.78 is 7.77. The Labute approximate surface area is 112 Å². The molecule has 0 saturated heterocycles. The molecular formula is C6H2Br3Cl2OP. The van der Waals surface area contributed by atoms with E-state index in [1.807, 2.05) is 6.07 Å². The van der Waals surface area contributed by atoms with Crippen molar-refractivity contribution >= 4 is 77.1 Å². The highest BCUT2D eigenvalue weighted by atomic mass is 79.9. The van der Waals surface area contributed by atoms with E-state index in [4.69, 9.17) is 27.0 Å². The Hall–Kier alpha value is 1.47. The molecule has 0 fully saturated rings. The zero-order chi connectivity index (χ0) is 10.0. The predicted octanol–water partition coefficient (Wildman–Crippen LogP) is 6.06. The van der Waals surface area contributed by atoms with Gasteiger partial charge in [-0.25, -0.2) is 0 Å². The topological polar surface area (TPSA) is 9.23 Å². The van der Waals surface area contributed by atoms with Gasteiger partial charge in [-0.15, -0.1) is 0 Å². The maximum absolute atomic E-state index is 5.54. The molecule has 0 aliphatic heterocycles. The van der Waals surface area contributed by atoms with Crippen LogP contribution in [0.1, 0.15) is 0 Å². The van der Waals surface area contributed by atoms with Gasteiger partial charge < -0.3 is 4.52 Å². The molecule has 7 heteroatoms. The number of hydrogen-bond donors (Lipinski definition) is 0. The second-order valence-electron chi connectivity index (χ2n) is 1.97. The van der Waals surface area contributed by atoms with Crippen LogP contribution in [0.2, 0.25) is 0 Å². The average Bonchev–Trinajstić information content (AvgIpc) is 2.06. The van der Waals surface area contributed by atoms with Gasteiger partial charge in [0.1, 0.15) is 5.75 Å². The van der Waals surface area contributed by atoms with Gasteiger partial charge in [-0.3, -0.25) is 0 Å². The lowest BCUT2D eigenvalue weighted by molar-refractivity contribution is 0.632. The molecule has 1 aromatic rings. The van der Waals surface area contributed by atoms with Crippen molar-refractivity contribution in [1.82, 2.24) is 0 Å². The molecule has 0 heterocycles. The first-order chi connectivity index (χ1) is 6.02. The van der Waals surface area contributed by atoms with Crippen LogP contribution in [-0.4, -0.2) is 0 Å². The van der Waals surface area contributed by atoms with E-state index in [-0.39, 0.29) is 0 Å². The molecular weight excluding hydrogens is 430 g/mol. The van der Waals surface area contributed by atoms with Crippen molar-refractivity contribution in [3.8, 4) is 5.75 Å². The zero-order valence-electron chi connectivity index (χ0n) is 5.90. The van der Waals surface area contributed by atoms with E-state index in [9.17, 15) is 0 Å². The molecule has 0 spiro atoms. The van der Waals surface area contributed by atoms with Gasteiger partial charge in [0.25, 0.3) is 6.85 Å². The molecule has 0 N–H and O–H groups in total. The second kappa shape index (κ2) is 5.53. The van der Waals surface area contributed by atoms with Crippen LogP contribution in [0.25, 0.3) is 0 Å². The summed E-state index contributed by atoms with van der Waals surface area (Å²) in [6, 6.07) is 3.62. The van der Waals surface area contributed by atoms with Crippen LogP contribution in [0, 0.1) is 0 Å². The van der Waals surface area contributed by atoms with Gasteiger partial charge in [0, 0.05) is 8.95 Å². The van der Waals surface area contributed by atoms with Crippen LogP contribution >= 0.6 is 77.1 Å². The third-order valence-corrected chi connectivity index (χ3v) is 5.25. The maximum Gasteiger partial charge on any atom is 0.284 e. The summed E-state index contributed by atoms with van der Waals surface area (Å²) in [6.07, 6.45) is 0. The fourth-order valence-corrected chi connectivity index (χ4v) is 2.88. The summed E-state index contributed by atoms with van der Waals surface area (Å²) >= 11 is 21.1. The first-order valence-electron chi connectivity index (χ1n) is 2.95. The van der Waals surface area contributed by atoms with Crippen LogP contribution in [0.4, 0.5) is 0 Å². The van der Waals surface area contributed by atoms with Gasteiger partial charge in [-0.1, -0.05) is 0 Å². The lowest BCUT2D eigenvalue weighted by Gasteiger charge is -2.09. The molecule has 0 radical (unpaired) electrons. The highest BCUT2D eigenvalue weighted by molar-refractivity contribution is 9.14. The van der Waals surface area contributed by atoms with Gasteiger partial charge in [-0.2, -0.15) is 0 Å². The number of hydrogen-bond acceptors (Lipinski definition) is 1. The molecule has 1 aromatic carbocycles. The summed E-state index contributed by atoms with van der Waals surface area (Å²) in [7, 11) is 0. The van der Waals surface area contributed by atoms with E-state index in [2.05, 4.69) is 47.8 Å². The Morgan fingerprint density at radius 2 is 1.69 bits per heavy atom. The molecule has 0 atom stereocenters. The summed E-state index contributed by atoms with van der Waals surface area (Å²) in [5, 5.41) is 0. The average molecular weight is 432 g/mol. The van der Waals surface area contributed by atoms with Gasteiger partial charge in [-0.05, 0) is 82.4 Å². The first-order valence-corrected chi connectivity index (χ1v) is 8.40. The predicted molar refractivity (Wildman–Crippen MR) is 68.8 cm³/mol. The SMILES string of the molecule is ClP(Cl)Oc1ccc(Br)c(Br)c1Br. The number of halogens is 5. The first kappa shape index (κ1) is 12.5. The molecule has 0 unspecified atom stereocenters. The Morgan fingerprint density at radius 3 is 2.23 bits per heavy atom. The molecule has 0 saturated carbocycles. The molecule has 72 valence electrons. The molecule has 0 bridgehead atoms. The molecule has 0 aliphatic rings. The minimum absolute atomic E-state index is 0.617. The normalized spacial score (nSPS) is 10.6. The Balaban J connectivity index is 3.04. The molecule has 1 nitrogen and oxygen atoms in total. The van der Waals surface area contributed by atoms with E-state index in [1.54, 1.807) is 6.07 Å². The van der Waals surface area contributed by atoms with E-state index >= 15 is 0 Å². The van der Waals surface area contributed by atoms with Crippen LogP contribution < -0.4 is 4.52 Å². The van der Waals surface area contributed by atoms with Crippen LogP contribution in [0.5, 0.6) is 5.75 Å². The van der Waals surface area contributed by atoms with Crippen LogP contribution in [0.3, 0.4) is 0 Å². The fraction of sp³-hybridized carbons (Fsp3) is 0. The van der Waals surface area contributed by atoms with Crippen molar-refractivity contribution in [2.75, 3.05) is 0 Å². The quantitative estimate of drug-likeness (QED) is 0.409. The molecule has 0 aliphatic carbocycles. The molecule has 0 amide bonds. The summed E-state index contributed by atoms with van der Waals surface area (Å²) in [5.74, 6) is 0.617. The van der Waals surface area contributed by atoms with E-state index < -0.39 is 6.85 Å². The summed E-state index contributed by atoms with van der Waals surface area (Å²) in [5.41, 5.74) is 0. The number of rotatable bonds is 2. The van der Waals surface area contributed by atoms with E-state index in [0.717, 1.165) is 13.4 Å². The Morgan fingerprint density at radius 1 is 1.08 bits per heavy atom. The maximum atomic E-state index is 5.54. The van der Waals surface area contributed by atoms with Gasteiger partial charge in [0.15, 0.2) is 0 Å². The molecule has 1 rings (SSSR count). The van der Waals surface area contributed by atoms with E-state index in [1.165, 1.54) is 0 Å². The molecule has 0 aromatic heterocycles. The largest absolute Gasteiger partial charge is 0.444 e. The van der Waals surface area contributed by atoms with Crippen molar-refractivity contribution in [3.63, 3.8) is 0 Å². The Kier molecular flexibility index (Phi) is 5.33. The number of benzene rings is 1. The van der Waals surface area contributed by atoms with Gasteiger partial charge in [0.2, 0.25) is 0 Å². The summed E-state index contributed by atoms with van der Waals surface area (Å²) in [6.45, 7) is -1.44. The van der Waals surface area contributed by atoms with Crippen molar-refractivity contribution in [2.24, 2.45) is 0 Å². The van der Waals surface area contributed by atoms with E-state index in [0.29, 0.717) is 5.75 Å². The zero-order valence-corrected chi connectivity index (χ0v) is 13.1. The monoisotopic (exact) mass is 428 g/mol. The van der Waals surface area contributed by atoms with Crippen molar-refractivity contribution < 1.29 is 4.52 Å². The third kappa shape index (κ3) is 3.51. The highest BCUT2D eigenvalue weighted by Crippen LogP contribution is 2.50. The second-order valence-corrected chi connectivity index (χ2v) is 7.35.